The molecular weight excluding hydrogens is 419 g/mol. The van der Waals surface area contributed by atoms with Crippen molar-refractivity contribution in [3.8, 4) is 22.5 Å². The van der Waals surface area contributed by atoms with Gasteiger partial charge in [0.05, 0.1) is 34.0 Å². The summed E-state index contributed by atoms with van der Waals surface area (Å²) in [5.41, 5.74) is 7.24. The lowest BCUT2D eigenvalue weighted by atomic mass is 9.78. The standard InChI is InChI=1S/C29H31BN2O2/c1-20-25(23-17-12-18-24(19-23)30-33-28(2,3)29(4,5)34-30)32-27(22-15-10-7-11-16-22)26(31-20)21-13-8-6-9-14-21/h6-10,12-15,17-19H,11,16H2,1-5H3. The summed E-state index contributed by atoms with van der Waals surface area (Å²) in [6.07, 6.45) is 8.46. The van der Waals surface area contributed by atoms with E-state index in [1.165, 1.54) is 5.57 Å². The molecule has 0 N–H and O–H groups in total. The molecule has 172 valence electrons. The highest BCUT2D eigenvalue weighted by Crippen LogP contribution is 2.37. The zero-order valence-corrected chi connectivity index (χ0v) is 20.6. The summed E-state index contributed by atoms with van der Waals surface area (Å²) in [7, 11) is -0.410. The number of rotatable bonds is 4. The van der Waals surface area contributed by atoms with Crippen molar-refractivity contribution >= 4 is 18.2 Å². The minimum absolute atomic E-state index is 0.380. The van der Waals surface area contributed by atoms with Gasteiger partial charge in [-0.3, -0.25) is 0 Å². The SMILES string of the molecule is Cc1nc(-c2ccccc2)c(C2=CC=CCC2)nc1-c1cccc(B2OC(C)(C)C(C)(C)O2)c1. The van der Waals surface area contributed by atoms with Crippen molar-refractivity contribution in [2.45, 2.75) is 58.7 Å². The number of hydrogen-bond donors (Lipinski definition) is 0. The maximum atomic E-state index is 6.29. The Hall–Kier alpha value is -3.02. The topological polar surface area (TPSA) is 44.2 Å². The fourth-order valence-corrected chi connectivity index (χ4v) is 4.43. The average Bonchev–Trinajstić information content (AvgIpc) is 3.07. The van der Waals surface area contributed by atoms with Crippen LogP contribution < -0.4 is 5.46 Å². The van der Waals surface area contributed by atoms with Gasteiger partial charge in [0.15, 0.2) is 0 Å². The van der Waals surface area contributed by atoms with Gasteiger partial charge in [-0.15, -0.1) is 0 Å². The molecule has 0 radical (unpaired) electrons. The molecule has 0 saturated carbocycles. The lowest BCUT2D eigenvalue weighted by molar-refractivity contribution is 0.00578. The normalized spacial score (nSPS) is 18.7. The van der Waals surface area contributed by atoms with Gasteiger partial charge in [0.25, 0.3) is 0 Å². The zero-order chi connectivity index (χ0) is 23.9. The highest BCUT2D eigenvalue weighted by Gasteiger charge is 2.51. The van der Waals surface area contributed by atoms with Gasteiger partial charge in [-0.1, -0.05) is 72.8 Å². The van der Waals surface area contributed by atoms with Crippen LogP contribution in [-0.4, -0.2) is 28.3 Å². The van der Waals surface area contributed by atoms with E-state index in [2.05, 4.69) is 76.3 Å². The number of benzene rings is 2. The van der Waals surface area contributed by atoms with Gasteiger partial charge in [-0.05, 0) is 58.5 Å². The largest absolute Gasteiger partial charge is 0.494 e. The maximum Gasteiger partial charge on any atom is 0.494 e. The molecule has 4 nitrogen and oxygen atoms in total. The fourth-order valence-electron chi connectivity index (χ4n) is 4.43. The van der Waals surface area contributed by atoms with Crippen molar-refractivity contribution in [2.24, 2.45) is 0 Å². The highest BCUT2D eigenvalue weighted by molar-refractivity contribution is 6.62. The molecule has 2 aliphatic rings. The second kappa shape index (κ2) is 8.64. The molecule has 2 heterocycles. The average molecular weight is 450 g/mol. The Balaban J connectivity index is 1.59. The molecule has 1 fully saturated rings. The third-order valence-electron chi connectivity index (χ3n) is 7.12. The Bertz CT molecular complexity index is 1260. The third kappa shape index (κ3) is 4.15. The minimum Gasteiger partial charge on any atom is -0.399 e. The molecule has 1 saturated heterocycles. The summed E-state index contributed by atoms with van der Waals surface area (Å²) in [6, 6.07) is 18.6. The Kier molecular flexibility index (Phi) is 5.79. The Morgan fingerprint density at radius 1 is 0.794 bits per heavy atom. The van der Waals surface area contributed by atoms with Crippen molar-refractivity contribution in [3.05, 3.63) is 84.2 Å². The molecule has 1 aliphatic heterocycles. The van der Waals surface area contributed by atoms with E-state index in [0.29, 0.717) is 0 Å². The maximum absolute atomic E-state index is 6.29. The first-order valence-electron chi connectivity index (χ1n) is 12.0. The first-order chi connectivity index (χ1) is 16.2. The molecule has 5 rings (SSSR count). The van der Waals surface area contributed by atoms with Crippen LogP contribution >= 0.6 is 0 Å². The summed E-state index contributed by atoms with van der Waals surface area (Å²) >= 11 is 0. The van der Waals surface area contributed by atoms with Crippen molar-refractivity contribution in [1.29, 1.82) is 0 Å². The van der Waals surface area contributed by atoms with Gasteiger partial charge in [0, 0.05) is 11.1 Å². The van der Waals surface area contributed by atoms with Gasteiger partial charge in [-0.25, -0.2) is 9.97 Å². The second-order valence-corrected chi connectivity index (χ2v) is 10.1. The van der Waals surface area contributed by atoms with E-state index in [1.807, 2.05) is 31.2 Å². The molecule has 0 amide bonds. The predicted octanol–water partition coefficient (Wildman–Crippen LogP) is 6.15. The molecule has 0 atom stereocenters. The van der Waals surface area contributed by atoms with Gasteiger partial charge < -0.3 is 9.31 Å². The predicted molar refractivity (Wildman–Crippen MR) is 140 cm³/mol. The van der Waals surface area contributed by atoms with Crippen LogP contribution in [0.3, 0.4) is 0 Å². The quantitative estimate of drug-likeness (QED) is 0.447. The molecule has 1 aromatic heterocycles. The van der Waals surface area contributed by atoms with Crippen LogP contribution in [0.25, 0.3) is 28.1 Å². The molecule has 0 unspecified atom stereocenters. The van der Waals surface area contributed by atoms with Crippen LogP contribution in [0.2, 0.25) is 0 Å². The summed E-state index contributed by atoms with van der Waals surface area (Å²) in [6.45, 7) is 10.3. The number of aromatic nitrogens is 2. The summed E-state index contributed by atoms with van der Waals surface area (Å²) in [5.74, 6) is 0. The monoisotopic (exact) mass is 450 g/mol. The molecule has 0 bridgehead atoms. The first-order valence-corrected chi connectivity index (χ1v) is 12.0. The van der Waals surface area contributed by atoms with Crippen LogP contribution in [0, 0.1) is 6.92 Å². The van der Waals surface area contributed by atoms with E-state index in [0.717, 1.165) is 52.2 Å². The molecule has 0 spiro atoms. The first kappa shape index (κ1) is 22.8. The lowest BCUT2D eigenvalue weighted by Gasteiger charge is -2.32. The number of allylic oxidation sites excluding steroid dienone is 4. The third-order valence-corrected chi connectivity index (χ3v) is 7.12. The van der Waals surface area contributed by atoms with Gasteiger partial charge in [-0.2, -0.15) is 0 Å². The molecule has 3 aromatic rings. The van der Waals surface area contributed by atoms with Crippen molar-refractivity contribution in [1.82, 2.24) is 9.97 Å². The number of nitrogens with zero attached hydrogens (tertiary/aromatic N) is 2. The number of hydrogen-bond acceptors (Lipinski definition) is 4. The van der Waals surface area contributed by atoms with E-state index in [4.69, 9.17) is 19.3 Å². The van der Waals surface area contributed by atoms with Crippen molar-refractivity contribution < 1.29 is 9.31 Å². The molecular formula is C29H31BN2O2. The van der Waals surface area contributed by atoms with E-state index in [-0.39, 0.29) is 11.2 Å². The van der Waals surface area contributed by atoms with Crippen LogP contribution in [0.1, 0.15) is 51.9 Å². The van der Waals surface area contributed by atoms with Gasteiger partial charge in [0.2, 0.25) is 0 Å². The molecule has 34 heavy (non-hydrogen) atoms. The zero-order valence-electron chi connectivity index (χ0n) is 20.6. The molecule has 5 heteroatoms. The Morgan fingerprint density at radius 3 is 2.18 bits per heavy atom. The smallest absolute Gasteiger partial charge is 0.399 e. The van der Waals surface area contributed by atoms with Gasteiger partial charge in [0.1, 0.15) is 0 Å². The van der Waals surface area contributed by atoms with Crippen LogP contribution in [-0.2, 0) is 9.31 Å². The van der Waals surface area contributed by atoms with Crippen LogP contribution in [0.4, 0.5) is 0 Å². The van der Waals surface area contributed by atoms with E-state index in [1.54, 1.807) is 0 Å². The van der Waals surface area contributed by atoms with Crippen LogP contribution in [0.5, 0.6) is 0 Å². The summed E-state index contributed by atoms with van der Waals surface area (Å²) < 4.78 is 12.6. The molecule has 2 aromatic carbocycles. The minimum atomic E-state index is -0.410. The Morgan fingerprint density at radius 2 is 1.50 bits per heavy atom. The highest BCUT2D eigenvalue weighted by atomic mass is 16.7. The number of aryl methyl sites for hydroxylation is 1. The van der Waals surface area contributed by atoms with Crippen LogP contribution in [0.15, 0.2) is 72.8 Å². The van der Waals surface area contributed by atoms with E-state index >= 15 is 0 Å². The Labute approximate surface area is 202 Å². The molecule has 1 aliphatic carbocycles. The lowest BCUT2D eigenvalue weighted by Crippen LogP contribution is -2.41. The summed E-state index contributed by atoms with van der Waals surface area (Å²) in [5, 5.41) is 0. The van der Waals surface area contributed by atoms with Crippen molar-refractivity contribution in [2.75, 3.05) is 0 Å². The second-order valence-electron chi connectivity index (χ2n) is 10.1. The summed E-state index contributed by atoms with van der Waals surface area (Å²) in [4.78, 5) is 10.3. The van der Waals surface area contributed by atoms with E-state index < -0.39 is 7.12 Å². The fraction of sp³-hybridized carbons (Fsp3) is 0.310. The van der Waals surface area contributed by atoms with Crippen molar-refractivity contribution in [3.63, 3.8) is 0 Å². The van der Waals surface area contributed by atoms with Gasteiger partial charge >= 0.3 is 7.12 Å². The van der Waals surface area contributed by atoms with E-state index in [9.17, 15) is 0 Å².